The van der Waals surface area contributed by atoms with Crippen molar-refractivity contribution in [1.29, 1.82) is 0 Å². The van der Waals surface area contributed by atoms with Gasteiger partial charge in [0.25, 0.3) is 0 Å². The van der Waals surface area contributed by atoms with E-state index in [1.807, 2.05) is 74.5 Å². The fraction of sp³-hybridized carbons (Fsp3) is 0.310. The second-order valence-corrected chi connectivity index (χ2v) is 11.9. The number of hydrogen-bond donors (Lipinski definition) is 1. The average Bonchev–Trinajstić information content (AvgIpc) is 2.85. The molecule has 0 aliphatic rings. The fourth-order valence-electron chi connectivity index (χ4n) is 4.21. The number of halogens is 1. The molecule has 0 bridgehead atoms. The zero-order valence-corrected chi connectivity index (χ0v) is 23.7. The number of hydrogen-bond acceptors (Lipinski definition) is 4. The van der Waals surface area contributed by atoms with Gasteiger partial charge in [-0.1, -0.05) is 72.3 Å². The zero-order valence-electron chi connectivity index (χ0n) is 22.1. The van der Waals surface area contributed by atoms with E-state index in [0.29, 0.717) is 16.3 Å². The van der Waals surface area contributed by atoms with Crippen LogP contribution in [-0.4, -0.2) is 50.0 Å². The minimum atomic E-state index is -3.84. The van der Waals surface area contributed by atoms with Crippen LogP contribution in [0, 0.1) is 6.92 Å². The first-order chi connectivity index (χ1) is 18.0. The third-order valence-electron chi connectivity index (χ3n) is 6.00. The standard InChI is InChI=1S/C29H34ClN3O4S/c1-21(2)31-29(35)27(18-23-11-7-5-8-12-23)32(19-24-13-9-6-10-14-24)28(34)20-33(38(4,36)37)26-16-15-25(30)17-22(26)3/h5-17,21,27H,18-20H2,1-4H3,(H,31,35)/t27-/m1/s1. The van der Waals surface area contributed by atoms with Crippen molar-refractivity contribution in [3.63, 3.8) is 0 Å². The first-order valence-electron chi connectivity index (χ1n) is 12.4. The van der Waals surface area contributed by atoms with E-state index >= 15 is 0 Å². The van der Waals surface area contributed by atoms with E-state index in [4.69, 9.17) is 11.6 Å². The van der Waals surface area contributed by atoms with E-state index in [0.717, 1.165) is 21.7 Å². The van der Waals surface area contributed by atoms with Gasteiger partial charge in [0.1, 0.15) is 12.6 Å². The molecule has 0 aliphatic carbocycles. The zero-order chi connectivity index (χ0) is 27.9. The molecule has 0 unspecified atom stereocenters. The van der Waals surface area contributed by atoms with Gasteiger partial charge in [-0.25, -0.2) is 8.42 Å². The Bertz CT molecular complexity index is 1350. The fourth-order valence-corrected chi connectivity index (χ4v) is 5.34. The first-order valence-corrected chi connectivity index (χ1v) is 14.6. The SMILES string of the molecule is Cc1cc(Cl)ccc1N(CC(=O)N(Cc1ccccc1)[C@H](Cc1ccccc1)C(=O)NC(C)C)S(C)(=O)=O. The van der Waals surface area contributed by atoms with Crippen LogP contribution in [0.2, 0.25) is 5.02 Å². The molecule has 0 heterocycles. The molecular formula is C29H34ClN3O4S. The highest BCUT2D eigenvalue weighted by molar-refractivity contribution is 7.92. The highest BCUT2D eigenvalue weighted by atomic mass is 35.5. The number of benzene rings is 3. The molecule has 9 heteroatoms. The molecule has 1 N–H and O–H groups in total. The Kier molecular flexibility index (Phi) is 9.94. The molecule has 0 saturated carbocycles. The van der Waals surface area contributed by atoms with E-state index in [9.17, 15) is 18.0 Å². The number of carbonyl (C=O) groups excluding carboxylic acids is 2. The molecule has 202 valence electrons. The predicted octanol–water partition coefficient (Wildman–Crippen LogP) is 4.58. The van der Waals surface area contributed by atoms with Crippen molar-refractivity contribution in [3.8, 4) is 0 Å². The van der Waals surface area contributed by atoms with Gasteiger partial charge < -0.3 is 10.2 Å². The Morgan fingerprint density at radius 2 is 1.50 bits per heavy atom. The maximum Gasteiger partial charge on any atom is 0.244 e. The molecule has 0 aromatic heterocycles. The van der Waals surface area contributed by atoms with Crippen LogP contribution in [0.3, 0.4) is 0 Å². The number of sulfonamides is 1. The molecule has 1 atom stereocenters. The number of carbonyl (C=O) groups is 2. The maximum atomic E-state index is 14.0. The molecule has 7 nitrogen and oxygen atoms in total. The van der Waals surface area contributed by atoms with Crippen molar-refractivity contribution in [1.82, 2.24) is 10.2 Å². The molecule has 0 saturated heterocycles. The van der Waals surface area contributed by atoms with E-state index < -0.39 is 28.5 Å². The number of aryl methyl sites for hydroxylation is 1. The largest absolute Gasteiger partial charge is 0.352 e. The third kappa shape index (κ3) is 8.07. The minimum absolute atomic E-state index is 0.139. The lowest BCUT2D eigenvalue weighted by Gasteiger charge is -2.34. The summed E-state index contributed by atoms with van der Waals surface area (Å²) >= 11 is 6.09. The van der Waals surface area contributed by atoms with Gasteiger partial charge in [0, 0.05) is 24.0 Å². The Balaban J connectivity index is 2.05. The third-order valence-corrected chi connectivity index (χ3v) is 7.37. The van der Waals surface area contributed by atoms with Crippen molar-refractivity contribution in [3.05, 3.63) is 101 Å². The van der Waals surface area contributed by atoms with Crippen molar-refractivity contribution in [2.45, 2.75) is 45.8 Å². The van der Waals surface area contributed by atoms with Gasteiger partial charge >= 0.3 is 0 Å². The van der Waals surface area contributed by atoms with Crippen LogP contribution in [0.4, 0.5) is 5.69 Å². The molecule has 38 heavy (non-hydrogen) atoms. The van der Waals surface area contributed by atoms with Crippen molar-refractivity contribution < 1.29 is 18.0 Å². The summed E-state index contributed by atoms with van der Waals surface area (Å²) in [5.74, 6) is -0.796. The lowest BCUT2D eigenvalue weighted by Crippen LogP contribution is -2.54. The van der Waals surface area contributed by atoms with Gasteiger partial charge in [-0.2, -0.15) is 0 Å². The lowest BCUT2D eigenvalue weighted by atomic mass is 10.0. The van der Waals surface area contributed by atoms with Crippen LogP contribution >= 0.6 is 11.6 Å². The van der Waals surface area contributed by atoms with E-state index in [2.05, 4.69) is 5.32 Å². The molecule has 3 aromatic rings. The predicted molar refractivity (Wildman–Crippen MR) is 153 cm³/mol. The summed E-state index contributed by atoms with van der Waals surface area (Å²) in [6.07, 6.45) is 1.33. The second-order valence-electron chi connectivity index (χ2n) is 9.58. The van der Waals surface area contributed by atoms with E-state index in [1.54, 1.807) is 25.1 Å². The highest BCUT2D eigenvalue weighted by Crippen LogP contribution is 2.26. The van der Waals surface area contributed by atoms with Crippen LogP contribution in [-0.2, 0) is 32.6 Å². The number of amides is 2. The monoisotopic (exact) mass is 555 g/mol. The summed E-state index contributed by atoms with van der Waals surface area (Å²) in [7, 11) is -3.84. The topological polar surface area (TPSA) is 86.8 Å². The van der Waals surface area contributed by atoms with Gasteiger partial charge in [0.2, 0.25) is 21.8 Å². The highest BCUT2D eigenvalue weighted by Gasteiger charge is 2.33. The van der Waals surface area contributed by atoms with Crippen LogP contribution < -0.4 is 9.62 Å². The molecule has 0 radical (unpaired) electrons. The first kappa shape index (κ1) is 29.2. The van der Waals surface area contributed by atoms with E-state index in [1.165, 1.54) is 4.90 Å². The lowest BCUT2D eigenvalue weighted by molar-refractivity contribution is -0.140. The summed E-state index contributed by atoms with van der Waals surface area (Å²) in [6, 6.07) is 22.6. The average molecular weight is 556 g/mol. The molecule has 0 fully saturated rings. The molecule has 3 rings (SSSR count). The molecule has 0 aliphatic heterocycles. The summed E-state index contributed by atoms with van der Waals surface area (Å²) in [5, 5.41) is 3.40. The quantitative estimate of drug-likeness (QED) is 0.375. The van der Waals surface area contributed by atoms with Gasteiger partial charge in [0.15, 0.2) is 0 Å². The smallest absolute Gasteiger partial charge is 0.244 e. The van der Waals surface area contributed by atoms with Gasteiger partial charge in [-0.05, 0) is 55.7 Å². The Hall–Kier alpha value is -3.36. The second kappa shape index (κ2) is 12.9. The summed E-state index contributed by atoms with van der Waals surface area (Å²) in [4.78, 5) is 29.0. The molecule has 3 aromatic carbocycles. The normalized spacial score (nSPS) is 12.2. The molecular weight excluding hydrogens is 522 g/mol. The van der Waals surface area contributed by atoms with Gasteiger partial charge in [-0.3, -0.25) is 13.9 Å². The summed E-state index contributed by atoms with van der Waals surface area (Å²) in [5.41, 5.74) is 2.68. The molecule has 0 spiro atoms. The summed E-state index contributed by atoms with van der Waals surface area (Å²) < 4.78 is 26.8. The van der Waals surface area contributed by atoms with E-state index in [-0.39, 0.29) is 24.9 Å². The number of nitrogens with zero attached hydrogens (tertiary/aromatic N) is 2. The Morgan fingerprint density at radius 1 is 0.921 bits per heavy atom. The van der Waals surface area contributed by atoms with Crippen LogP contribution in [0.1, 0.15) is 30.5 Å². The Morgan fingerprint density at radius 3 is 2.03 bits per heavy atom. The summed E-state index contributed by atoms with van der Waals surface area (Å²) in [6.45, 7) is 5.12. The molecule has 2 amide bonds. The van der Waals surface area contributed by atoms with Crippen molar-refractivity contribution in [2.75, 3.05) is 17.1 Å². The van der Waals surface area contributed by atoms with Gasteiger partial charge in [0.05, 0.1) is 11.9 Å². The van der Waals surface area contributed by atoms with Crippen molar-refractivity contribution in [2.24, 2.45) is 0 Å². The maximum absolute atomic E-state index is 14.0. The van der Waals surface area contributed by atoms with Crippen LogP contribution in [0.15, 0.2) is 78.9 Å². The minimum Gasteiger partial charge on any atom is -0.352 e. The van der Waals surface area contributed by atoms with Gasteiger partial charge in [-0.15, -0.1) is 0 Å². The van der Waals surface area contributed by atoms with Crippen LogP contribution in [0.5, 0.6) is 0 Å². The number of rotatable bonds is 11. The number of nitrogens with one attached hydrogen (secondary N) is 1. The Labute approximate surface area is 230 Å². The van der Waals surface area contributed by atoms with Crippen LogP contribution in [0.25, 0.3) is 0 Å². The van der Waals surface area contributed by atoms with Crippen molar-refractivity contribution >= 4 is 39.1 Å². The number of anilines is 1.